The average Bonchev–Trinajstić information content (AvgIpc) is 2.90. The van der Waals surface area contributed by atoms with Crippen LogP contribution in [0.3, 0.4) is 0 Å². The molecular formula is C12H14ClN3OS2. The lowest BCUT2D eigenvalue weighted by Crippen LogP contribution is -2.15. The van der Waals surface area contributed by atoms with E-state index in [1.165, 1.54) is 4.88 Å². The van der Waals surface area contributed by atoms with Gasteiger partial charge in [0.15, 0.2) is 5.82 Å². The van der Waals surface area contributed by atoms with Gasteiger partial charge in [-0.05, 0) is 26.0 Å². The summed E-state index contributed by atoms with van der Waals surface area (Å²) in [6, 6.07) is 3.86. The summed E-state index contributed by atoms with van der Waals surface area (Å²) in [7, 11) is 0. The van der Waals surface area contributed by atoms with Gasteiger partial charge in [-0.25, -0.2) is 0 Å². The van der Waals surface area contributed by atoms with Crippen LogP contribution in [0.15, 0.2) is 12.1 Å². The van der Waals surface area contributed by atoms with Gasteiger partial charge in [-0.1, -0.05) is 11.6 Å². The van der Waals surface area contributed by atoms with Crippen molar-refractivity contribution in [3.8, 4) is 0 Å². The van der Waals surface area contributed by atoms with Gasteiger partial charge in [0.1, 0.15) is 0 Å². The maximum absolute atomic E-state index is 11.8. The molecule has 0 radical (unpaired) electrons. The van der Waals surface area contributed by atoms with Crippen molar-refractivity contribution in [2.45, 2.75) is 19.6 Å². The Labute approximate surface area is 124 Å². The van der Waals surface area contributed by atoms with Crippen LogP contribution in [0.5, 0.6) is 0 Å². The molecule has 19 heavy (non-hydrogen) atoms. The zero-order chi connectivity index (χ0) is 13.8. The minimum Gasteiger partial charge on any atom is -0.308 e. The van der Waals surface area contributed by atoms with Crippen molar-refractivity contribution >= 4 is 46.4 Å². The topological polar surface area (TPSA) is 57.8 Å². The summed E-state index contributed by atoms with van der Waals surface area (Å²) in [6.07, 6.45) is 0. The molecule has 2 heterocycles. The fourth-order valence-electron chi connectivity index (χ4n) is 1.45. The second-order valence-electron chi connectivity index (χ2n) is 4.07. The van der Waals surface area contributed by atoms with Gasteiger partial charge in [0.05, 0.1) is 10.1 Å². The predicted octanol–water partition coefficient (Wildman–Crippen LogP) is 3.61. The highest BCUT2D eigenvalue weighted by Gasteiger charge is 2.09. The second-order valence-corrected chi connectivity index (χ2v) is 6.85. The highest BCUT2D eigenvalue weighted by molar-refractivity contribution is 7.99. The lowest BCUT2D eigenvalue weighted by Gasteiger charge is -2.02. The molecule has 7 heteroatoms. The van der Waals surface area contributed by atoms with Crippen molar-refractivity contribution in [3.05, 3.63) is 32.6 Å². The Morgan fingerprint density at radius 1 is 1.53 bits per heavy atom. The number of carbonyl (C=O) groups excluding carboxylic acids is 1. The first-order chi connectivity index (χ1) is 9.06. The monoisotopic (exact) mass is 315 g/mol. The summed E-state index contributed by atoms with van der Waals surface area (Å²) in [5, 5.41) is 9.68. The summed E-state index contributed by atoms with van der Waals surface area (Å²) in [4.78, 5) is 12.9. The Kier molecular flexibility index (Phi) is 4.90. The molecule has 2 N–H and O–H groups in total. The molecule has 0 saturated carbocycles. The molecule has 0 spiro atoms. The molecule has 0 atom stereocenters. The summed E-state index contributed by atoms with van der Waals surface area (Å²) in [6.45, 7) is 3.85. The van der Waals surface area contributed by atoms with Crippen LogP contribution in [-0.4, -0.2) is 21.9 Å². The predicted molar refractivity (Wildman–Crippen MR) is 82.2 cm³/mol. The Hall–Kier alpha value is -0.980. The molecule has 4 nitrogen and oxygen atoms in total. The van der Waals surface area contributed by atoms with Crippen LogP contribution in [0.1, 0.15) is 16.1 Å². The summed E-state index contributed by atoms with van der Waals surface area (Å²) in [5.74, 6) is 1.77. The number of thiophene rings is 1. The minimum atomic E-state index is -0.0396. The maximum atomic E-state index is 11.8. The maximum Gasteiger partial charge on any atom is 0.235 e. The molecule has 1 amide bonds. The molecule has 0 bridgehead atoms. The van der Waals surface area contributed by atoms with E-state index in [0.717, 1.165) is 21.3 Å². The van der Waals surface area contributed by atoms with Gasteiger partial charge in [-0.15, -0.1) is 23.1 Å². The van der Waals surface area contributed by atoms with Crippen LogP contribution in [0.4, 0.5) is 5.82 Å². The highest BCUT2D eigenvalue weighted by atomic mass is 35.5. The van der Waals surface area contributed by atoms with Crippen molar-refractivity contribution in [3.63, 3.8) is 0 Å². The number of hydrogen-bond acceptors (Lipinski definition) is 4. The van der Waals surface area contributed by atoms with Gasteiger partial charge in [-0.3, -0.25) is 9.89 Å². The largest absolute Gasteiger partial charge is 0.308 e. The van der Waals surface area contributed by atoms with E-state index in [2.05, 4.69) is 15.5 Å². The SMILES string of the molecule is Cc1[nH]nc(NC(=O)CSCc2ccc(Cl)s2)c1C. The normalized spacial score (nSPS) is 10.7. The number of anilines is 1. The molecular weight excluding hydrogens is 302 g/mol. The molecule has 0 aliphatic carbocycles. The van der Waals surface area contributed by atoms with E-state index in [1.807, 2.05) is 26.0 Å². The number of H-pyrrole nitrogens is 1. The molecule has 2 aromatic heterocycles. The fourth-order valence-corrected chi connectivity index (χ4v) is 3.47. The molecule has 0 aromatic carbocycles. The molecule has 2 aromatic rings. The van der Waals surface area contributed by atoms with Gasteiger partial charge in [0, 0.05) is 21.9 Å². The summed E-state index contributed by atoms with van der Waals surface area (Å²) < 4.78 is 0.780. The summed E-state index contributed by atoms with van der Waals surface area (Å²) >= 11 is 8.95. The van der Waals surface area contributed by atoms with Crippen molar-refractivity contribution in [2.75, 3.05) is 11.1 Å². The van der Waals surface area contributed by atoms with E-state index in [-0.39, 0.29) is 5.91 Å². The number of hydrogen-bond donors (Lipinski definition) is 2. The van der Waals surface area contributed by atoms with Crippen molar-refractivity contribution in [1.82, 2.24) is 10.2 Å². The molecule has 0 unspecified atom stereocenters. The number of aromatic amines is 1. The Bertz CT molecular complexity index is 579. The third-order valence-corrected chi connectivity index (χ3v) is 5.01. The number of aromatic nitrogens is 2. The quantitative estimate of drug-likeness (QED) is 0.886. The standard InChI is InChI=1S/C12H14ClN3OS2/c1-7-8(2)15-16-12(7)14-11(17)6-18-5-9-3-4-10(13)19-9/h3-4H,5-6H2,1-2H3,(H2,14,15,16,17). The number of amides is 1. The van der Waals surface area contributed by atoms with Crippen LogP contribution >= 0.6 is 34.7 Å². The highest BCUT2D eigenvalue weighted by Crippen LogP contribution is 2.25. The molecule has 102 valence electrons. The third kappa shape index (κ3) is 3.99. The number of rotatable bonds is 5. The lowest BCUT2D eigenvalue weighted by atomic mass is 10.3. The first-order valence-electron chi connectivity index (χ1n) is 5.69. The van der Waals surface area contributed by atoms with Crippen LogP contribution in [-0.2, 0) is 10.5 Å². The zero-order valence-electron chi connectivity index (χ0n) is 10.6. The van der Waals surface area contributed by atoms with Crippen LogP contribution < -0.4 is 5.32 Å². The average molecular weight is 316 g/mol. The van der Waals surface area contributed by atoms with E-state index >= 15 is 0 Å². The first kappa shape index (κ1) is 14.4. The van der Waals surface area contributed by atoms with Crippen molar-refractivity contribution in [1.29, 1.82) is 0 Å². The van der Waals surface area contributed by atoms with E-state index in [4.69, 9.17) is 11.6 Å². The van der Waals surface area contributed by atoms with Gasteiger partial charge in [0.2, 0.25) is 5.91 Å². The number of nitrogens with one attached hydrogen (secondary N) is 2. The molecule has 0 aliphatic rings. The zero-order valence-corrected chi connectivity index (χ0v) is 13.0. The molecule has 0 saturated heterocycles. The van der Waals surface area contributed by atoms with Gasteiger partial charge < -0.3 is 5.32 Å². The van der Waals surface area contributed by atoms with Gasteiger partial charge >= 0.3 is 0 Å². The Morgan fingerprint density at radius 3 is 2.89 bits per heavy atom. The smallest absolute Gasteiger partial charge is 0.235 e. The number of aryl methyl sites for hydroxylation is 1. The number of thioether (sulfide) groups is 1. The number of carbonyl (C=O) groups is 1. The van der Waals surface area contributed by atoms with E-state index < -0.39 is 0 Å². The minimum absolute atomic E-state index is 0.0396. The van der Waals surface area contributed by atoms with E-state index in [0.29, 0.717) is 11.6 Å². The lowest BCUT2D eigenvalue weighted by molar-refractivity contribution is -0.113. The fraction of sp³-hybridized carbons (Fsp3) is 0.333. The van der Waals surface area contributed by atoms with Crippen molar-refractivity contribution in [2.24, 2.45) is 0 Å². The van der Waals surface area contributed by atoms with E-state index in [1.54, 1.807) is 23.1 Å². The van der Waals surface area contributed by atoms with Crippen LogP contribution in [0, 0.1) is 13.8 Å². The van der Waals surface area contributed by atoms with Crippen molar-refractivity contribution < 1.29 is 4.79 Å². The Balaban J connectivity index is 1.77. The molecule has 0 fully saturated rings. The second kappa shape index (κ2) is 6.45. The van der Waals surface area contributed by atoms with Crippen LogP contribution in [0.2, 0.25) is 4.34 Å². The third-order valence-electron chi connectivity index (χ3n) is 2.62. The number of nitrogens with zero attached hydrogens (tertiary/aromatic N) is 1. The van der Waals surface area contributed by atoms with E-state index in [9.17, 15) is 4.79 Å². The molecule has 0 aliphatic heterocycles. The number of halogens is 1. The molecule has 2 rings (SSSR count). The summed E-state index contributed by atoms with van der Waals surface area (Å²) in [5.41, 5.74) is 1.94. The first-order valence-corrected chi connectivity index (χ1v) is 8.04. The Morgan fingerprint density at radius 2 is 2.32 bits per heavy atom. The van der Waals surface area contributed by atoms with Crippen LogP contribution in [0.25, 0.3) is 0 Å². The van der Waals surface area contributed by atoms with Gasteiger partial charge in [-0.2, -0.15) is 5.10 Å². The van der Waals surface area contributed by atoms with Gasteiger partial charge in [0.25, 0.3) is 0 Å².